The molecular formula is C24H21NO3. The Morgan fingerprint density at radius 2 is 1.75 bits per heavy atom. The molecule has 0 saturated carbocycles. The predicted molar refractivity (Wildman–Crippen MR) is 111 cm³/mol. The van der Waals surface area contributed by atoms with Crippen LogP contribution in [-0.4, -0.2) is 5.91 Å². The van der Waals surface area contributed by atoms with Crippen molar-refractivity contribution in [3.8, 4) is 5.75 Å². The van der Waals surface area contributed by atoms with Crippen LogP contribution in [0.4, 0.5) is 5.69 Å². The van der Waals surface area contributed by atoms with Crippen LogP contribution >= 0.6 is 0 Å². The number of hydrogen-bond acceptors (Lipinski definition) is 3. The van der Waals surface area contributed by atoms with Gasteiger partial charge < -0.3 is 14.5 Å². The van der Waals surface area contributed by atoms with Crippen molar-refractivity contribution in [3.63, 3.8) is 0 Å². The topological polar surface area (TPSA) is 51.5 Å². The van der Waals surface area contributed by atoms with Gasteiger partial charge in [0.25, 0.3) is 5.91 Å². The summed E-state index contributed by atoms with van der Waals surface area (Å²) in [5.41, 5.74) is 2.88. The third-order valence-corrected chi connectivity index (χ3v) is 4.63. The van der Waals surface area contributed by atoms with Crippen LogP contribution in [0.15, 0.2) is 77.2 Å². The highest BCUT2D eigenvalue weighted by atomic mass is 16.5. The Labute approximate surface area is 163 Å². The summed E-state index contributed by atoms with van der Waals surface area (Å²) in [4.78, 5) is 12.5. The number of aryl methyl sites for hydroxylation is 2. The Morgan fingerprint density at radius 1 is 0.929 bits per heavy atom. The van der Waals surface area contributed by atoms with Gasteiger partial charge in [0.2, 0.25) is 0 Å². The van der Waals surface area contributed by atoms with Crippen molar-refractivity contribution in [1.29, 1.82) is 0 Å². The van der Waals surface area contributed by atoms with Crippen molar-refractivity contribution >= 4 is 22.4 Å². The van der Waals surface area contributed by atoms with Gasteiger partial charge in [-0.25, -0.2) is 0 Å². The zero-order valence-corrected chi connectivity index (χ0v) is 15.9. The number of rotatable bonds is 5. The molecule has 28 heavy (non-hydrogen) atoms. The van der Waals surface area contributed by atoms with Gasteiger partial charge in [-0.05, 0) is 66.1 Å². The highest BCUT2D eigenvalue weighted by Crippen LogP contribution is 2.22. The van der Waals surface area contributed by atoms with Crippen LogP contribution in [0.1, 0.15) is 27.4 Å². The molecule has 4 rings (SSSR count). The Morgan fingerprint density at radius 3 is 2.61 bits per heavy atom. The standard InChI is InChI=1S/C24H21NO3/c1-16-7-8-17(2)22(13-16)25-24(26)23-12-11-21(28-23)15-27-20-10-9-18-5-3-4-6-19(18)14-20/h3-14H,15H2,1-2H3,(H,25,26). The molecule has 4 heteroatoms. The summed E-state index contributed by atoms with van der Waals surface area (Å²) < 4.78 is 11.5. The molecule has 1 aromatic heterocycles. The first kappa shape index (κ1) is 17.9. The number of carbonyl (C=O) groups excluding carboxylic acids is 1. The minimum atomic E-state index is -0.273. The molecule has 0 unspecified atom stereocenters. The van der Waals surface area contributed by atoms with Gasteiger partial charge in [0.05, 0.1) is 0 Å². The number of fused-ring (bicyclic) bond motifs is 1. The molecule has 4 nitrogen and oxygen atoms in total. The normalized spacial score (nSPS) is 10.8. The molecule has 0 bridgehead atoms. The fourth-order valence-corrected chi connectivity index (χ4v) is 3.04. The molecule has 1 N–H and O–H groups in total. The molecule has 3 aromatic carbocycles. The molecule has 4 aromatic rings. The fraction of sp³-hybridized carbons (Fsp3) is 0.125. The van der Waals surface area contributed by atoms with E-state index in [9.17, 15) is 4.79 Å². The van der Waals surface area contributed by atoms with Gasteiger partial charge >= 0.3 is 0 Å². The van der Waals surface area contributed by atoms with E-state index in [0.29, 0.717) is 5.76 Å². The first-order chi connectivity index (χ1) is 13.6. The highest BCUT2D eigenvalue weighted by Gasteiger charge is 2.13. The van der Waals surface area contributed by atoms with E-state index in [0.717, 1.165) is 28.0 Å². The molecule has 0 radical (unpaired) electrons. The molecule has 0 fully saturated rings. The van der Waals surface area contributed by atoms with Gasteiger partial charge in [-0.1, -0.05) is 42.5 Å². The fourth-order valence-electron chi connectivity index (χ4n) is 3.04. The largest absolute Gasteiger partial charge is 0.486 e. The number of anilines is 1. The summed E-state index contributed by atoms with van der Waals surface area (Å²) in [5.74, 6) is 1.35. The van der Waals surface area contributed by atoms with Gasteiger partial charge in [-0.15, -0.1) is 0 Å². The van der Waals surface area contributed by atoms with Crippen molar-refractivity contribution in [1.82, 2.24) is 0 Å². The summed E-state index contributed by atoms with van der Waals surface area (Å²) in [6, 6.07) is 23.4. The first-order valence-corrected chi connectivity index (χ1v) is 9.17. The van der Waals surface area contributed by atoms with E-state index in [4.69, 9.17) is 9.15 Å². The second-order valence-electron chi connectivity index (χ2n) is 6.84. The molecule has 0 aliphatic carbocycles. The van der Waals surface area contributed by atoms with E-state index in [1.54, 1.807) is 12.1 Å². The monoisotopic (exact) mass is 371 g/mol. The van der Waals surface area contributed by atoms with E-state index >= 15 is 0 Å². The average Bonchev–Trinajstić information content (AvgIpc) is 3.18. The quantitative estimate of drug-likeness (QED) is 0.476. The highest BCUT2D eigenvalue weighted by molar-refractivity contribution is 6.02. The van der Waals surface area contributed by atoms with Gasteiger partial charge in [0.1, 0.15) is 18.1 Å². The minimum Gasteiger partial charge on any atom is -0.486 e. The van der Waals surface area contributed by atoms with Gasteiger partial charge in [0.15, 0.2) is 5.76 Å². The lowest BCUT2D eigenvalue weighted by Gasteiger charge is -2.08. The maximum atomic E-state index is 12.5. The summed E-state index contributed by atoms with van der Waals surface area (Å²) in [6.07, 6.45) is 0. The molecule has 0 aliphatic rings. The zero-order chi connectivity index (χ0) is 19.5. The van der Waals surface area contributed by atoms with Crippen LogP contribution in [-0.2, 0) is 6.61 Å². The maximum absolute atomic E-state index is 12.5. The number of nitrogens with one attached hydrogen (secondary N) is 1. The van der Waals surface area contributed by atoms with Crippen LogP contribution in [0.2, 0.25) is 0 Å². The van der Waals surface area contributed by atoms with Gasteiger partial charge in [0, 0.05) is 5.69 Å². The molecule has 0 saturated heterocycles. The molecular weight excluding hydrogens is 350 g/mol. The molecule has 140 valence electrons. The van der Waals surface area contributed by atoms with Crippen LogP contribution in [0.5, 0.6) is 5.75 Å². The Hall–Kier alpha value is -3.53. The number of ether oxygens (including phenoxy) is 1. The Kier molecular flexibility index (Phi) is 4.85. The predicted octanol–water partition coefficient (Wildman–Crippen LogP) is 5.88. The van der Waals surface area contributed by atoms with E-state index in [-0.39, 0.29) is 18.3 Å². The van der Waals surface area contributed by atoms with Crippen molar-refractivity contribution in [2.75, 3.05) is 5.32 Å². The number of furan rings is 1. The average molecular weight is 371 g/mol. The van der Waals surface area contributed by atoms with Crippen molar-refractivity contribution < 1.29 is 13.9 Å². The molecule has 0 spiro atoms. The SMILES string of the molecule is Cc1ccc(C)c(NC(=O)c2ccc(COc3ccc4ccccc4c3)o2)c1. The van der Waals surface area contributed by atoms with Crippen molar-refractivity contribution in [2.24, 2.45) is 0 Å². The van der Waals surface area contributed by atoms with Crippen molar-refractivity contribution in [2.45, 2.75) is 20.5 Å². The molecule has 1 heterocycles. The second-order valence-corrected chi connectivity index (χ2v) is 6.84. The second kappa shape index (κ2) is 7.61. The van der Waals surface area contributed by atoms with Crippen LogP contribution < -0.4 is 10.1 Å². The van der Waals surface area contributed by atoms with Gasteiger partial charge in [-0.3, -0.25) is 4.79 Å². The molecule has 0 aliphatic heterocycles. The van der Waals surface area contributed by atoms with E-state index in [1.807, 2.05) is 68.4 Å². The lowest BCUT2D eigenvalue weighted by molar-refractivity contribution is 0.0992. The lowest BCUT2D eigenvalue weighted by Crippen LogP contribution is -2.12. The summed E-state index contributed by atoms with van der Waals surface area (Å²) in [7, 11) is 0. The minimum absolute atomic E-state index is 0.259. The van der Waals surface area contributed by atoms with Gasteiger partial charge in [-0.2, -0.15) is 0 Å². The summed E-state index contributed by atoms with van der Waals surface area (Å²) in [6.45, 7) is 4.21. The molecule has 0 atom stereocenters. The lowest BCUT2D eigenvalue weighted by atomic mass is 10.1. The van der Waals surface area contributed by atoms with Crippen LogP contribution in [0.3, 0.4) is 0 Å². The maximum Gasteiger partial charge on any atom is 0.291 e. The van der Waals surface area contributed by atoms with Crippen molar-refractivity contribution in [3.05, 3.63) is 95.4 Å². The third-order valence-electron chi connectivity index (χ3n) is 4.63. The van der Waals surface area contributed by atoms with E-state index in [2.05, 4.69) is 11.4 Å². The summed E-state index contributed by atoms with van der Waals surface area (Å²) in [5, 5.41) is 5.18. The third kappa shape index (κ3) is 3.91. The molecule has 1 amide bonds. The first-order valence-electron chi connectivity index (χ1n) is 9.17. The zero-order valence-electron chi connectivity index (χ0n) is 15.9. The van der Waals surface area contributed by atoms with Crippen LogP contribution in [0.25, 0.3) is 10.8 Å². The number of benzene rings is 3. The van der Waals surface area contributed by atoms with Crippen LogP contribution in [0, 0.1) is 13.8 Å². The Balaban J connectivity index is 1.42. The van der Waals surface area contributed by atoms with E-state index in [1.165, 1.54) is 5.39 Å². The number of amides is 1. The number of carbonyl (C=O) groups is 1. The van der Waals surface area contributed by atoms with E-state index < -0.39 is 0 Å². The number of hydrogen-bond donors (Lipinski definition) is 1. The summed E-state index contributed by atoms with van der Waals surface area (Å²) >= 11 is 0. The smallest absolute Gasteiger partial charge is 0.291 e. The Bertz CT molecular complexity index is 1140.